The summed E-state index contributed by atoms with van der Waals surface area (Å²) >= 11 is 0. The van der Waals surface area contributed by atoms with Crippen LogP contribution in [0.25, 0.3) is 0 Å². The average Bonchev–Trinajstić information content (AvgIpc) is 3.19. The van der Waals surface area contributed by atoms with Gasteiger partial charge in [-0.2, -0.15) is 10.2 Å². The molecule has 6 rings (SSSR count). The molecule has 262 valence electrons. The fourth-order valence-corrected chi connectivity index (χ4v) is 5.45. The van der Waals surface area contributed by atoms with E-state index in [1.54, 1.807) is 36.9 Å². The van der Waals surface area contributed by atoms with Crippen molar-refractivity contribution in [2.75, 3.05) is 0 Å². The quantitative estimate of drug-likeness (QED) is 0.0305. The summed E-state index contributed by atoms with van der Waals surface area (Å²) in [6.45, 7) is 1.51. The number of pyridine rings is 4. The van der Waals surface area contributed by atoms with Crippen LogP contribution in [-0.2, 0) is 26.2 Å². The molecule has 14 heteroatoms. The zero-order valence-corrected chi connectivity index (χ0v) is 28.1. The highest BCUT2D eigenvalue weighted by molar-refractivity contribution is 5.58. The van der Waals surface area contributed by atoms with Gasteiger partial charge in [-0.25, -0.2) is 0 Å². The monoisotopic (exact) mass is 695 g/mol. The van der Waals surface area contributed by atoms with Gasteiger partial charge in [-0.15, -0.1) is 0 Å². The third-order valence-electron chi connectivity index (χ3n) is 8.01. The van der Waals surface area contributed by atoms with Gasteiger partial charge in [0.15, 0.2) is 0 Å². The SMILES string of the molecule is O=[N+]([O-])c1ccc(N=Nc2ccc(O)c(C(NCc3ccccn3)NCc3ccccn3)c2C(NCc2ccccn2)NCc2ccccn2)cc1. The average molecular weight is 696 g/mol. The highest BCUT2D eigenvalue weighted by atomic mass is 16.6. The number of nitro benzene ring substituents is 1. The number of nitro groups is 1. The number of aromatic hydroxyl groups is 1. The van der Waals surface area contributed by atoms with Crippen molar-refractivity contribution in [2.45, 2.75) is 38.5 Å². The normalized spacial score (nSPS) is 11.4. The Bertz CT molecular complexity index is 1950. The van der Waals surface area contributed by atoms with Crippen LogP contribution in [0, 0.1) is 10.1 Å². The van der Waals surface area contributed by atoms with E-state index in [2.05, 4.69) is 51.4 Å². The van der Waals surface area contributed by atoms with Gasteiger partial charge >= 0.3 is 0 Å². The molecule has 0 saturated carbocycles. The summed E-state index contributed by atoms with van der Waals surface area (Å²) in [7, 11) is 0. The molecule has 0 unspecified atom stereocenters. The molecular formula is C38H37N11O3. The summed E-state index contributed by atoms with van der Waals surface area (Å²) in [6, 6.07) is 31.9. The molecule has 0 spiro atoms. The lowest BCUT2D eigenvalue weighted by molar-refractivity contribution is -0.384. The lowest BCUT2D eigenvalue weighted by Crippen LogP contribution is -2.39. The second-order valence-corrected chi connectivity index (χ2v) is 11.6. The molecule has 52 heavy (non-hydrogen) atoms. The minimum atomic E-state index is -0.635. The van der Waals surface area contributed by atoms with Crippen molar-refractivity contribution in [3.8, 4) is 5.75 Å². The number of hydrogen-bond acceptors (Lipinski definition) is 13. The van der Waals surface area contributed by atoms with E-state index in [0.29, 0.717) is 48.7 Å². The molecule has 14 nitrogen and oxygen atoms in total. The first-order chi connectivity index (χ1) is 25.5. The van der Waals surface area contributed by atoms with Crippen molar-refractivity contribution in [1.82, 2.24) is 41.2 Å². The van der Waals surface area contributed by atoms with Crippen LogP contribution in [0.2, 0.25) is 0 Å². The van der Waals surface area contributed by atoms with Gasteiger partial charge in [0.1, 0.15) is 5.75 Å². The zero-order chi connectivity index (χ0) is 36.0. The van der Waals surface area contributed by atoms with Crippen LogP contribution in [0.1, 0.15) is 46.2 Å². The van der Waals surface area contributed by atoms with Crippen LogP contribution in [0.4, 0.5) is 17.1 Å². The van der Waals surface area contributed by atoms with Gasteiger partial charge in [0.25, 0.3) is 5.69 Å². The topological polar surface area (TPSA) is 188 Å². The Morgan fingerprint density at radius 1 is 0.558 bits per heavy atom. The highest BCUT2D eigenvalue weighted by Gasteiger charge is 2.28. The summed E-state index contributed by atoms with van der Waals surface area (Å²) in [5, 5.41) is 46.4. The van der Waals surface area contributed by atoms with E-state index in [-0.39, 0.29) is 11.4 Å². The van der Waals surface area contributed by atoms with E-state index >= 15 is 0 Å². The molecule has 6 aromatic rings. The van der Waals surface area contributed by atoms with Crippen molar-refractivity contribution < 1.29 is 10.0 Å². The largest absolute Gasteiger partial charge is 0.508 e. The molecular weight excluding hydrogens is 658 g/mol. The van der Waals surface area contributed by atoms with Gasteiger partial charge in [-0.3, -0.25) is 51.3 Å². The molecule has 0 bridgehead atoms. The van der Waals surface area contributed by atoms with Gasteiger partial charge in [-0.1, -0.05) is 24.3 Å². The van der Waals surface area contributed by atoms with Crippen LogP contribution in [0.5, 0.6) is 5.75 Å². The standard InChI is InChI=1S/C38H37N11O3/c50-34-18-17-33(48-47-27-13-15-32(16-14-27)49(51)52)35(37(43-23-28-9-1-5-19-39-28)44-24-29-10-2-6-20-40-29)36(34)38(45-25-30-11-3-7-21-41-30)46-26-31-12-4-8-22-42-31/h1-22,37-38,43-46,50H,23-26H2. The molecule has 0 aliphatic rings. The summed E-state index contributed by atoms with van der Waals surface area (Å²) in [5.41, 5.74) is 5.15. The van der Waals surface area contributed by atoms with E-state index in [1.165, 1.54) is 24.3 Å². The van der Waals surface area contributed by atoms with Gasteiger partial charge in [-0.05, 0) is 72.8 Å². The van der Waals surface area contributed by atoms with E-state index in [1.807, 2.05) is 72.8 Å². The molecule has 4 heterocycles. The second-order valence-electron chi connectivity index (χ2n) is 11.6. The van der Waals surface area contributed by atoms with E-state index in [9.17, 15) is 15.2 Å². The molecule has 0 amide bonds. The van der Waals surface area contributed by atoms with Crippen molar-refractivity contribution in [1.29, 1.82) is 0 Å². The van der Waals surface area contributed by atoms with Crippen molar-refractivity contribution in [3.05, 3.63) is 178 Å². The lowest BCUT2D eigenvalue weighted by Gasteiger charge is -2.29. The van der Waals surface area contributed by atoms with Gasteiger partial charge < -0.3 is 5.11 Å². The number of azo groups is 1. The van der Waals surface area contributed by atoms with Gasteiger partial charge in [0, 0.05) is 74.2 Å². The Hall–Kier alpha value is -6.32. The van der Waals surface area contributed by atoms with Crippen LogP contribution in [0.3, 0.4) is 0 Å². The zero-order valence-electron chi connectivity index (χ0n) is 28.1. The predicted molar refractivity (Wildman–Crippen MR) is 195 cm³/mol. The molecule has 0 fully saturated rings. The summed E-state index contributed by atoms with van der Waals surface area (Å²) in [5.74, 6) is 0.0144. The maximum absolute atomic E-state index is 11.7. The Morgan fingerprint density at radius 2 is 0.981 bits per heavy atom. The third-order valence-corrected chi connectivity index (χ3v) is 8.01. The molecule has 0 aliphatic carbocycles. The highest BCUT2D eigenvalue weighted by Crippen LogP contribution is 2.38. The van der Waals surface area contributed by atoms with E-state index in [4.69, 9.17) is 0 Å². The van der Waals surface area contributed by atoms with Crippen LogP contribution in [0.15, 0.2) is 144 Å². The number of phenolic OH excluding ortho intramolecular Hbond substituents is 1. The minimum absolute atomic E-state index is 0.0144. The Balaban J connectivity index is 1.45. The molecule has 0 atom stereocenters. The summed E-state index contributed by atoms with van der Waals surface area (Å²) in [6.07, 6.45) is 5.67. The Morgan fingerprint density at radius 3 is 1.37 bits per heavy atom. The molecule has 4 aromatic heterocycles. The number of rotatable bonds is 17. The number of nitrogens with one attached hydrogen (secondary N) is 4. The van der Waals surface area contributed by atoms with Crippen molar-refractivity contribution in [2.24, 2.45) is 10.2 Å². The van der Waals surface area contributed by atoms with Crippen molar-refractivity contribution >= 4 is 17.1 Å². The van der Waals surface area contributed by atoms with Gasteiger partial charge in [0.05, 0.1) is 51.4 Å². The number of hydrogen-bond donors (Lipinski definition) is 5. The molecule has 0 aliphatic heterocycles. The third kappa shape index (κ3) is 9.89. The Labute approximate surface area is 300 Å². The number of benzene rings is 2. The van der Waals surface area contributed by atoms with E-state index < -0.39 is 17.3 Å². The number of non-ortho nitro benzene ring substituents is 1. The first kappa shape index (κ1) is 35.5. The first-order valence-electron chi connectivity index (χ1n) is 16.6. The molecule has 5 N–H and O–H groups in total. The second kappa shape index (κ2) is 18.1. The lowest BCUT2D eigenvalue weighted by atomic mass is 9.97. The number of phenols is 1. The molecule has 0 saturated heterocycles. The fraction of sp³-hybridized carbons (Fsp3) is 0.158. The molecule has 2 aromatic carbocycles. The van der Waals surface area contributed by atoms with Crippen LogP contribution in [-0.4, -0.2) is 30.0 Å². The maximum Gasteiger partial charge on any atom is 0.269 e. The fourth-order valence-electron chi connectivity index (χ4n) is 5.45. The smallest absolute Gasteiger partial charge is 0.269 e. The molecule has 0 radical (unpaired) electrons. The predicted octanol–water partition coefficient (Wildman–Crippen LogP) is 6.45. The van der Waals surface area contributed by atoms with E-state index in [0.717, 1.165) is 22.8 Å². The number of nitrogens with zero attached hydrogens (tertiary/aromatic N) is 7. The summed E-state index contributed by atoms with van der Waals surface area (Å²) in [4.78, 5) is 28.8. The Kier molecular flexibility index (Phi) is 12.3. The van der Waals surface area contributed by atoms with Crippen LogP contribution >= 0.6 is 0 Å². The maximum atomic E-state index is 11.7. The number of aromatic nitrogens is 4. The summed E-state index contributed by atoms with van der Waals surface area (Å²) < 4.78 is 0. The van der Waals surface area contributed by atoms with Gasteiger partial charge in [0.2, 0.25) is 0 Å². The van der Waals surface area contributed by atoms with Crippen molar-refractivity contribution in [3.63, 3.8) is 0 Å². The first-order valence-corrected chi connectivity index (χ1v) is 16.6. The van der Waals surface area contributed by atoms with Crippen LogP contribution < -0.4 is 21.3 Å². The minimum Gasteiger partial charge on any atom is -0.508 e.